The molecule has 0 fully saturated rings. The molecule has 0 atom stereocenters. The molecule has 1 aromatic heterocycles. The second kappa shape index (κ2) is 9.88. The molecule has 1 heterocycles. The van der Waals surface area contributed by atoms with E-state index < -0.39 is 11.9 Å². The molecule has 0 saturated heterocycles. The van der Waals surface area contributed by atoms with Crippen molar-refractivity contribution in [2.45, 2.75) is 19.3 Å². The number of aryl methyl sites for hydroxylation is 1. The molecule has 2 radical (unpaired) electrons. The fourth-order valence-corrected chi connectivity index (χ4v) is 2.06. The quantitative estimate of drug-likeness (QED) is 0.727. The first kappa shape index (κ1) is 21.0. The van der Waals surface area contributed by atoms with Gasteiger partial charge in [0.1, 0.15) is 5.69 Å². The number of rotatable bonds is 5. The van der Waals surface area contributed by atoms with Crippen LogP contribution >= 0.6 is 0 Å². The first-order valence-electron chi connectivity index (χ1n) is 5.64. The molecule has 0 saturated carbocycles. The number of aromatic nitrogens is 1. The molecule has 96 valence electrons. The van der Waals surface area contributed by atoms with E-state index in [1.54, 1.807) is 0 Å². The Labute approximate surface area is 201 Å². The molecule has 0 bridgehead atoms. The van der Waals surface area contributed by atoms with Crippen LogP contribution in [0.3, 0.4) is 0 Å². The number of aliphatic carboxylic acids is 1. The third kappa shape index (κ3) is 5.31. The molecule has 2 rings (SSSR count). The summed E-state index contributed by atoms with van der Waals surface area (Å²) in [5.74, 6) is -1.89. The Balaban J connectivity index is 0.00000180. The van der Waals surface area contributed by atoms with E-state index in [9.17, 15) is 9.59 Å². The molecule has 0 spiro atoms. The summed E-state index contributed by atoms with van der Waals surface area (Å²) in [6.07, 6.45) is 0.911. The van der Waals surface area contributed by atoms with Gasteiger partial charge in [-0.2, -0.15) is 0 Å². The van der Waals surface area contributed by atoms with Crippen molar-refractivity contribution < 1.29 is 19.8 Å². The van der Waals surface area contributed by atoms with Gasteiger partial charge in [0.05, 0.1) is 0 Å². The van der Waals surface area contributed by atoms with Gasteiger partial charge in [-0.3, -0.25) is 4.79 Å². The maximum Gasteiger partial charge on any atom is 0.352 e. The summed E-state index contributed by atoms with van der Waals surface area (Å²) in [6, 6.07) is 7.31. The van der Waals surface area contributed by atoms with Crippen LogP contribution in [0.1, 0.15) is 28.9 Å². The monoisotopic (exact) mass is 325 g/mol. The van der Waals surface area contributed by atoms with Gasteiger partial charge in [-0.15, -0.1) is 0 Å². The van der Waals surface area contributed by atoms with Gasteiger partial charge >= 0.3 is 11.9 Å². The van der Waals surface area contributed by atoms with Crippen molar-refractivity contribution in [1.29, 1.82) is 0 Å². The van der Waals surface area contributed by atoms with E-state index >= 15 is 0 Å². The maximum atomic E-state index is 11.1. The van der Waals surface area contributed by atoms with Gasteiger partial charge in [0, 0.05) is 120 Å². The van der Waals surface area contributed by atoms with Gasteiger partial charge in [-0.25, -0.2) is 4.79 Å². The van der Waals surface area contributed by atoms with E-state index in [-0.39, 0.29) is 115 Å². The Morgan fingerprint density at radius 2 is 1.75 bits per heavy atom. The van der Waals surface area contributed by atoms with Gasteiger partial charge in [-0.05, 0) is 24.5 Å². The van der Waals surface area contributed by atoms with Crippen LogP contribution in [0.2, 0.25) is 0 Å². The number of nitrogens with one attached hydrogen (secondary N) is 1. The predicted molar refractivity (Wildman–Crippen MR) is 77.3 cm³/mol. The van der Waals surface area contributed by atoms with Crippen molar-refractivity contribution >= 4 is 126 Å². The molecular weight excluding hydrogens is 312 g/mol. The van der Waals surface area contributed by atoms with Gasteiger partial charge in [-0.1, -0.05) is 18.2 Å². The SMILES string of the molecule is O=C(O)CCCc1c(C(=O)O)[nH]c2ccccc12.[K].[K]. The van der Waals surface area contributed by atoms with Crippen LogP contribution in [0, 0.1) is 0 Å². The molecule has 7 heteroatoms. The minimum atomic E-state index is -1.02. The van der Waals surface area contributed by atoms with E-state index in [1.165, 1.54) is 0 Å². The van der Waals surface area contributed by atoms with Gasteiger partial charge < -0.3 is 15.2 Å². The molecule has 0 unspecified atom stereocenters. The van der Waals surface area contributed by atoms with Crippen molar-refractivity contribution in [3.05, 3.63) is 35.5 Å². The minimum Gasteiger partial charge on any atom is -0.481 e. The van der Waals surface area contributed by atoms with Crippen LogP contribution in [0.4, 0.5) is 0 Å². The number of hydrogen-bond acceptors (Lipinski definition) is 2. The van der Waals surface area contributed by atoms with Crippen LogP contribution < -0.4 is 0 Å². The normalized spacial score (nSPS) is 9.60. The summed E-state index contributed by atoms with van der Waals surface area (Å²) >= 11 is 0. The number of hydrogen-bond donors (Lipinski definition) is 3. The van der Waals surface area contributed by atoms with E-state index in [0.717, 1.165) is 10.9 Å². The molecule has 0 aliphatic rings. The molecule has 1 aromatic carbocycles. The first-order chi connectivity index (χ1) is 8.59. The van der Waals surface area contributed by atoms with E-state index in [1.807, 2.05) is 24.3 Å². The molecular formula is C13H13K2NO4. The Morgan fingerprint density at radius 3 is 2.35 bits per heavy atom. The molecule has 0 aliphatic carbocycles. The number of fused-ring (bicyclic) bond motifs is 1. The molecule has 20 heavy (non-hydrogen) atoms. The third-order valence-electron chi connectivity index (χ3n) is 2.84. The van der Waals surface area contributed by atoms with Crippen LogP contribution in [0.15, 0.2) is 24.3 Å². The van der Waals surface area contributed by atoms with Crippen molar-refractivity contribution in [3.8, 4) is 0 Å². The van der Waals surface area contributed by atoms with Crippen LogP contribution in [-0.2, 0) is 11.2 Å². The number of carboxylic acids is 2. The number of aromatic carboxylic acids is 1. The van der Waals surface area contributed by atoms with Crippen molar-refractivity contribution in [1.82, 2.24) is 4.98 Å². The largest absolute Gasteiger partial charge is 0.481 e. The van der Waals surface area contributed by atoms with Crippen molar-refractivity contribution in [3.63, 3.8) is 0 Å². The summed E-state index contributed by atoms with van der Waals surface area (Å²) in [6.45, 7) is 0. The fourth-order valence-electron chi connectivity index (χ4n) is 2.06. The molecule has 3 N–H and O–H groups in total. The Kier molecular flexibility index (Phi) is 10.4. The summed E-state index contributed by atoms with van der Waals surface area (Å²) in [4.78, 5) is 24.5. The predicted octanol–water partition coefficient (Wildman–Crippen LogP) is 1.51. The van der Waals surface area contributed by atoms with Crippen LogP contribution in [0.25, 0.3) is 10.9 Å². The average Bonchev–Trinajstić information content (AvgIpc) is 2.68. The van der Waals surface area contributed by atoms with Gasteiger partial charge in [0.25, 0.3) is 0 Å². The summed E-state index contributed by atoms with van der Waals surface area (Å²) in [7, 11) is 0. The van der Waals surface area contributed by atoms with E-state index in [4.69, 9.17) is 10.2 Å². The zero-order chi connectivity index (χ0) is 13.1. The van der Waals surface area contributed by atoms with Gasteiger partial charge in [0.15, 0.2) is 0 Å². The number of carbonyl (C=O) groups is 2. The third-order valence-corrected chi connectivity index (χ3v) is 2.84. The van der Waals surface area contributed by atoms with Crippen LogP contribution in [0.5, 0.6) is 0 Å². The molecule has 0 amide bonds. The summed E-state index contributed by atoms with van der Waals surface area (Å²) in [5, 5.41) is 18.6. The minimum absolute atomic E-state index is 0. The Morgan fingerprint density at radius 1 is 1.10 bits per heavy atom. The Hall–Kier alpha value is 0.973. The number of benzene rings is 1. The maximum absolute atomic E-state index is 11.1. The van der Waals surface area contributed by atoms with E-state index in [2.05, 4.69) is 4.98 Å². The standard InChI is InChI=1S/C13H13NO4.2K/c15-11(16)7-3-5-9-8-4-1-2-6-10(8)14-12(9)13(17)18;;/h1-2,4,6,14H,3,5,7H2,(H,15,16)(H,17,18);;. The second-order valence-corrected chi connectivity index (χ2v) is 4.08. The fraction of sp³-hybridized carbons (Fsp3) is 0.231. The smallest absolute Gasteiger partial charge is 0.352 e. The van der Waals surface area contributed by atoms with Crippen molar-refractivity contribution in [2.24, 2.45) is 0 Å². The van der Waals surface area contributed by atoms with Crippen LogP contribution in [-0.4, -0.2) is 130 Å². The zero-order valence-electron chi connectivity index (χ0n) is 11.6. The molecule has 5 nitrogen and oxygen atoms in total. The molecule has 2 aromatic rings. The number of para-hydroxylation sites is 1. The average molecular weight is 325 g/mol. The molecule has 0 aliphatic heterocycles. The topological polar surface area (TPSA) is 90.4 Å². The Bertz CT molecular complexity index is 609. The number of H-pyrrole nitrogens is 1. The summed E-state index contributed by atoms with van der Waals surface area (Å²) < 4.78 is 0. The number of aromatic amines is 1. The van der Waals surface area contributed by atoms with Crippen molar-refractivity contribution in [2.75, 3.05) is 0 Å². The summed E-state index contributed by atoms with van der Waals surface area (Å²) in [5.41, 5.74) is 1.60. The second-order valence-electron chi connectivity index (χ2n) is 4.08. The van der Waals surface area contributed by atoms with E-state index in [0.29, 0.717) is 18.4 Å². The number of carboxylic acid groups (broad SMARTS) is 2. The first-order valence-corrected chi connectivity index (χ1v) is 5.64. The zero-order valence-corrected chi connectivity index (χ0v) is 17.9. The van der Waals surface area contributed by atoms with Gasteiger partial charge in [0.2, 0.25) is 0 Å².